The zero-order valence-corrected chi connectivity index (χ0v) is 26.0. The highest BCUT2D eigenvalue weighted by Crippen LogP contribution is 2.32. The van der Waals surface area contributed by atoms with Crippen molar-refractivity contribution in [1.29, 1.82) is 0 Å². The molecule has 0 aromatic heterocycles. The average Bonchev–Trinajstić information content (AvgIpc) is 2.95. The molecule has 2 heterocycles. The second-order valence-corrected chi connectivity index (χ2v) is 13.5. The van der Waals surface area contributed by atoms with Crippen LogP contribution in [0.15, 0.2) is 28.1 Å². The van der Waals surface area contributed by atoms with Gasteiger partial charge in [0.1, 0.15) is 17.0 Å². The molecule has 2 aliphatic rings. The smallest absolute Gasteiger partial charge is 0.303 e. The Labute approximate surface area is 254 Å². The van der Waals surface area contributed by atoms with Crippen LogP contribution in [0.4, 0.5) is 5.69 Å². The number of nitrogens with zero attached hydrogens (tertiary/aromatic N) is 2. The number of aliphatic imine (C=N–C) groups is 1. The number of guanidine groups is 1. The first-order chi connectivity index (χ1) is 20.4. The number of benzene rings is 1. The fourth-order valence-corrected chi connectivity index (χ4v) is 7.09. The molecule has 8 N–H and O–H groups in total. The molecule has 43 heavy (non-hydrogen) atoms. The van der Waals surface area contributed by atoms with Gasteiger partial charge in [-0.15, -0.1) is 0 Å². The van der Waals surface area contributed by atoms with Crippen LogP contribution in [-0.4, -0.2) is 80.4 Å². The Kier molecular flexibility index (Phi) is 12.6. The van der Waals surface area contributed by atoms with Gasteiger partial charge in [-0.25, -0.2) is 8.42 Å². The number of unbranched alkanes of at least 4 members (excludes halogenated alkanes) is 2. The lowest BCUT2D eigenvalue weighted by atomic mass is 9.91. The Morgan fingerprint density at radius 3 is 2.63 bits per heavy atom. The van der Waals surface area contributed by atoms with Gasteiger partial charge in [0, 0.05) is 32.6 Å². The van der Waals surface area contributed by atoms with E-state index in [9.17, 15) is 22.8 Å². The Morgan fingerprint density at radius 2 is 1.91 bits per heavy atom. The third-order valence-corrected chi connectivity index (χ3v) is 9.47. The van der Waals surface area contributed by atoms with E-state index in [1.165, 1.54) is 11.0 Å². The standard InChI is InChI=1S/C29H47N7O6S/c1-19-12-15-36(23(17-19)27(39)32-13-5-3-4-11-25(37)38)28(40)22(9-7-14-33-29(30)31)35-43(41,42)24-10-6-8-21-16-20(2)18-34-26(21)24/h6,8,10,19-20,22-23,34-35H,3-5,7,9,11-18H2,1-2H3,(H,32,39)(H,37,38)(H4,30,31,33)/t19?,20?,22-,23?/m0/s1. The predicted molar refractivity (Wildman–Crippen MR) is 165 cm³/mol. The van der Waals surface area contributed by atoms with Gasteiger partial charge in [0.05, 0.1) is 5.69 Å². The van der Waals surface area contributed by atoms with Crippen LogP contribution < -0.4 is 26.8 Å². The van der Waals surface area contributed by atoms with Gasteiger partial charge in [-0.3, -0.25) is 19.4 Å². The summed E-state index contributed by atoms with van der Waals surface area (Å²) < 4.78 is 30.2. The molecule has 14 heteroatoms. The normalized spacial score (nSPS) is 20.8. The molecule has 0 bridgehead atoms. The number of carboxylic acid groups (broad SMARTS) is 1. The van der Waals surface area contributed by atoms with Crippen molar-refractivity contribution in [2.75, 3.05) is 31.5 Å². The Balaban J connectivity index is 1.78. The summed E-state index contributed by atoms with van der Waals surface area (Å²) in [5.74, 6) is -1.14. The highest BCUT2D eigenvalue weighted by molar-refractivity contribution is 7.89. The number of hydrogen-bond donors (Lipinski definition) is 6. The Bertz CT molecular complexity index is 1270. The van der Waals surface area contributed by atoms with Gasteiger partial charge in [0.15, 0.2) is 5.96 Å². The number of para-hydroxylation sites is 1. The van der Waals surface area contributed by atoms with E-state index in [1.54, 1.807) is 6.07 Å². The second kappa shape index (κ2) is 15.9. The van der Waals surface area contributed by atoms with E-state index in [-0.39, 0.29) is 42.1 Å². The van der Waals surface area contributed by atoms with Gasteiger partial charge >= 0.3 is 5.97 Å². The number of anilines is 1. The van der Waals surface area contributed by atoms with Crippen molar-refractivity contribution in [3.05, 3.63) is 23.8 Å². The number of carbonyl (C=O) groups excluding carboxylic acids is 2. The first-order valence-electron chi connectivity index (χ1n) is 15.1. The Morgan fingerprint density at radius 1 is 1.14 bits per heavy atom. The summed E-state index contributed by atoms with van der Waals surface area (Å²) in [5.41, 5.74) is 12.3. The van der Waals surface area contributed by atoms with Crippen LogP contribution in [0.2, 0.25) is 0 Å². The molecule has 0 saturated carbocycles. The predicted octanol–water partition coefficient (Wildman–Crippen LogP) is 1.38. The molecule has 0 radical (unpaired) electrons. The van der Waals surface area contributed by atoms with Crippen molar-refractivity contribution in [2.24, 2.45) is 28.3 Å². The van der Waals surface area contributed by atoms with E-state index in [2.05, 4.69) is 27.3 Å². The quantitative estimate of drug-likeness (QED) is 0.0948. The van der Waals surface area contributed by atoms with Gasteiger partial charge < -0.3 is 32.1 Å². The minimum Gasteiger partial charge on any atom is -0.481 e. The number of aliphatic carboxylic acids is 1. The lowest BCUT2D eigenvalue weighted by Gasteiger charge is -2.39. The number of carboxylic acids is 1. The summed E-state index contributed by atoms with van der Waals surface area (Å²) in [7, 11) is -4.12. The molecular formula is C29H47N7O6S. The van der Waals surface area contributed by atoms with Crippen LogP contribution in [0.1, 0.15) is 70.8 Å². The first-order valence-corrected chi connectivity index (χ1v) is 16.6. The maximum atomic E-state index is 14.0. The molecule has 0 aliphatic carbocycles. The fourth-order valence-electron chi connectivity index (χ4n) is 5.64. The fraction of sp³-hybridized carbons (Fsp3) is 0.655. The molecule has 1 saturated heterocycles. The molecule has 1 aromatic carbocycles. The summed E-state index contributed by atoms with van der Waals surface area (Å²) in [4.78, 5) is 43.6. The van der Waals surface area contributed by atoms with Crippen LogP contribution in [0, 0.1) is 11.8 Å². The van der Waals surface area contributed by atoms with E-state index in [0.29, 0.717) is 69.8 Å². The van der Waals surface area contributed by atoms with E-state index >= 15 is 0 Å². The molecule has 13 nitrogen and oxygen atoms in total. The minimum atomic E-state index is -4.12. The Hall–Kier alpha value is -3.39. The first kappa shape index (κ1) is 34.1. The molecule has 4 atom stereocenters. The van der Waals surface area contributed by atoms with Gasteiger partial charge in [0.25, 0.3) is 0 Å². The van der Waals surface area contributed by atoms with Gasteiger partial charge in [-0.2, -0.15) is 4.72 Å². The molecular weight excluding hydrogens is 574 g/mol. The topological polar surface area (TPSA) is 209 Å². The SMILES string of the molecule is CC1CNc2c(cccc2S(=O)(=O)N[C@@H](CCCN=C(N)N)C(=O)N2CCC(C)CC2C(=O)NCCCCCC(=O)O)C1. The van der Waals surface area contributed by atoms with Crippen LogP contribution in [0.3, 0.4) is 0 Å². The largest absolute Gasteiger partial charge is 0.481 e. The molecule has 1 aromatic rings. The molecule has 0 spiro atoms. The zero-order valence-electron chi connectivity index (χ0n) is 25.2. The van der Waals surface area contributed by atoms with Crippen molar-refractivity contribution >= 4 is 39.5 Å². The van der Waals surface area contributed by atoms with Crippen LogP contribution >= 0.6 is 0 Å². The van der Waals surface area contributed by atoms with Crippen LogP contribution in [0.25, 0.3) is 0 Å². The molecule has 1 fully saturated rings. The second-order valence-electron chi connectivity index (χ2n) is 11.8. The lowest BCUT2D eigenvalue weighted by Crippen LogP contribution is -2.58. The van der Waals surface area contributed by atoms with Crippen molar-refractivity contribution in [3.8, 4) is 0 Å². The minimum absolute atomic E-state index is 0.0812. The van der Waals surface area contributed by atoms with E-state index in [4.69, 9.17) is 16.6 Å². The van der Waals surface area contributed by atoms with Crippen molar-refractivity contribution in [2.45, 2.75) is 88.6 Å². The number of rotatable bonds is 15. The highest BCUT2D eigenvalue weighted by atomic mass is 32.2. The summed E-state index contributed by atoms with van der Waals surface area (Å²) in [6.45, 7) is 5.66. The molecule has 2 amide bonds. The summed E-state index contributed by atoms with van der Waals surface area (Å²) in [5, 5.41) is 14.9. The van der Waals surface area contributed by atoms with Gasteiger partial charge in [-0.05, 0) is 68.4 Å². The zero-order chi connectivity index (χ0) is 31.6. The lowest BCUT2D eigenvalue weighted by molar-refractivity contribution is -0.144. The third-order valence-electron chi connectivity index (χ3n) is 7.96. The van der Waals surface area contributed by atoms with Crippen LogP contribution in [-0.2, 0) is 30.8 Å². The molecule has 2 aliphatic heterocycles. The molecule has 3 rings (SSSR count). The van der Waals surface area contributed by atoms with Crippen molar-refractivity contribution in [1.82, 2.24) is 14.9 Å². The average molecular weight is 622 g/mol. The molecule has 3 unspecified atom stereocenters. The highest BCUT2D eigenvalue weighted by Gasteiger charge is 2.39. The van der Waals surface area contributed by atoms with Crippen molar-refractivity contribution in [3.63, 3.8) is 0 Å². The van der Waals surface area contributed by atoms with Crippen LogP contribution in [0.5, 0.6) is 0 Å². The summed E-state index contributed by atoms with van der Waals surface area (Å²) in [6.07, 6.45) is 4.26. The number of piperidine rings is 1. The number of nitrogens with one attached hydrogen (secondary N) is 3. The molecule has 240 valence electrons. The summed E-state index contributed by atoms with van der Waals surface area (Å²) >= 11 is 0. The number of nitrogens with two attached hydrogens (primary N) is 2. The summed E-state index contributed by atoms with van der Waals surface area (Å²) in [6, 6.07) is 3.26. The number of sulfonamides is 1. The van der Waals surface area contributed by atoms with E-state index in [0.717, 1.165) is 12.0 Å². The maximum Gasteiger partial charge on any atom is 0.303 e. The van der Waals surface area contributed by atoms with E-state index < -0.39 is 34.0 Å². The number of likely N-dealkylation sites (tertiary alicyclic amines) is 1. The van der Waals surface area contributed by atoms with E-state index in [1.807, 2.05) is 13.0 Å². The number of carbonyl (C=O) groups is 3. The number of amides is 2. The van der Waals surface area contributed by atoms with Gasteiger partial charge in [-0.1, -0.05) is 32.4 Å². The monoisotopic (exact) mass is 621 g/mol. The number of hydrogen-bond acceptors (Lipinski definition) is 7. The third kappa shape index (κ3) is 10.1. The van der Waals surface area contributed by atoms with Gasteiger partial charge in [0.2, 0.25) is 21.8 Å². The maximum absolute atomic E-state index is 14.0. The number of fused-ring (bicyclic) bond motifs is 1. The van der Waals surface area contributed by atoms with Crippen molar-refractivity contribution < 1.29 is 27.9 Å².